The van der Waals surface area contributed by atoms with Crippen molar-refractivity contribution in [1.82, 2.24) is 0 Å². The quantitative estimate of drug-likeness (QED) is 0.0948. The normalized spacial score (nSPS) is 11.9. The van der Waals surface area contributed by atoms with Crippen LogP contribution in [0.3, 0.4) is 0 Å². The predicted octanol–water partition coefficient (Wildman–Crippen LogP) is 35.9. The van der Waals surface area contributed by atoms with Crippen LogP contribution in [-0.4, -0.2) is 293 Å². The average molecular weight is 3380 g/mol. The Morgan fingerprint density at radius 1 is 0.365 bits per heavy atom. The van der Waals surface area contributed by atoms with Gasteiger partial charge in [-0.15, -0.1) is 0 Å². The summed E-state index contributed by atoms with van der Waals surface area (Å²) in [6.45, 7) is 108. The van der Waals surface area contributed by atoms with Gasteiger partial charge in [0.2, 0.25) is 0 Å². The van der Waals surface area contributed by atoms with Crippen LogP contribution in [-0.2, 0) is 0 Å². The average Bonchev–Trinajstić information content (AvgIpc) is 0.860. The van der Waals surface area contributed by atoms with E-state index in [1.165, 1.54) is 34.7 Å². The molecular formula is C90H217Bi4Sb5Te5. The van der Waals surface area contributed by atoms with Crippen LogP contribution in [0.2, 0.25) is 160 Å². The van der Waals surface area contributed by atoms with E-state index in [9.17, 15) is 0 Å². The summed E-state index contributed by atoms with van der Waals surface area (Å²) in [6, 6.07) is 0. The Labute approximate surface area is 795 Å². The minimum atomic E-state index is -1.21. The molecule has 0 amide bonds. The molecule has 0 nitrogen and oxygen atoms in total. The van der Waals surface area contributed by atoms with Gasteiger partial charge < -0.3 is 0 Å². The fourth-order valence-electron chi connectivity index (χ4n) is 8.30. The van der Waals surface area contributed by atoms with Crippen molar-refractivity contribution in [2.45, 2.75) is 478 Å². The first-order valence-electron chi connectivity index (χ1n) is 40.9. The monoisotopic (exact) mass is 3390 g/mol. The van der Waals surface area contributed by atoms with E-state index in [0.29, 0.717) is 132 Å². The van der Waals surface area contributed by atoms with E-state index in [0.717, 1.165) is 48.5 Å². The van der Waals surface area contributed by atoms with E-state index >= 15 is 0 Å². The standard InChI is InChI=1S/2C5H12Te.2C5H11.C4H10Te.8C4H9.C3H8Te.4C3H7.C2H6Te.4C2H5.9CH3.4Bi.5Sb/c1-5(2)4-6-3;1-5(2,3)6-4;2*1-5(2,3)4;1-4(2)5-3;8*1-4(2)3;1-3-4-2;5*1-3-2;4*1-2;;;;;;;;;;;;;;;;;;/h5H,4H2,1-3H3;1-4H3;2*1H2,2-4H3;4H,1-3H3;4*1-3H3;4*4H,1H2,2-3H3;3H2,1-2H3;4*3H,1-2H3;1-2H3;4*1H2,2H3;9*1H3;;;;;;;;;. The van der Waals surface area contributed by atoms with Crippen LogP contribution in [0.1, 0.15) is 318 Å². The summed E-state index contributed by atoms with van der Waals surface area (Å²) in [7, 11) is 0. The first-order valence-corrected chi connectivity index (χ1v) is 121. The van der Waals surface area contributed by atoms with Gasteiger partial charge in [0.1, 0.15) is 0 Å². The van der Waals surface area contributed by atoms with Gasteiger partial charge in [-0.25, -0.2) is 0 Å². The molecule has 0 aromatic carbocycles. The Hall–Kier alpha value is 11.6. The molecule has 0 bridgehead atoms. The van der Waals surface area contributed by atoms with Gasteiger partial charge in [0.05, 0.1) is 0 Å². The van der Waals surface area contributed by atoms with E-state index in [1.807, 2.05) is 0 Å². The Balaban J connectivity index is -0.0000000707. The molecule has 0 rings (SSSR count). The second kappa shape index (κ2) is 90.8. The fraction of sp³-hybridized carbons (Fsp3) is 1.00. The summed E-state index contributed by atoms with van der Waals surface area (Å²) in [5, 5.41) is 0. The van der Waals surface area contributed by atoms with Crippen molar-refractivity contribution in [3.63, 3.8) is 0 Å². The van der Waals surface area contributed by atoms with Crippen LogP contribution in [0.5, 0.6) is 0 Å². The van der Waals surface area contributed by atoms with Crippen LogP contribution in [0, 0.1) is 40.4 Å². The van der Waals surface area contributed by atoms with Gasteiger partial charge in [-0.1, -0.05) is 0 Å². The topological polar surface area (TPSA) is 0 Å². The maximum absolute atomic E-state index is 2.56. The summed E-state index contributed by atoms with van der Waals surface area (Å²) >= 11 is -5.42. The summed E-state index contributed by atoms with van der Waals surface area (Å²) in [5.41, 5.74) is 1.14. The summed E-state index contributed by atoms with van der Waals surface area (Å²) in [4.78, 5) is 26.4. The molecule has 0 atom stereocenters. The molecule has 104 heavy (non-hydrogen) atoms. The Kier molecular flexibility index (Phi) is 128. The van der Waals surface area contributed by atoms with Gasteiger partial charge in [-0.05, 0) is 0 Å². The third kappa shape index (κ3) is 161. The van der Waals surface area contributed by atoms with Crippen LogP contribution in [0.15, 0.2) is 0 Å². The molecule has 0 spiro atoms. The maximum atomic E-state index is 2.56. The second-order valence-electron chi connectivity index (χ2n) is 39.2. The van der Waals surface area contributed by atoms with Crippen molar-refractivity contribution in [2.24, 2.45) is 40.4 Å². The molecule has 0 radical (unpaired) electrons. The Morgan fingerprint density at radius 2 is 0.625 bits per heavy atom. The zero-order valence-corrected chi connectivity index (χ0v) is 123. The molecule has 14 heteroatoms. The molecule has 0 unspecified atom stereocenters. The molecule has 0 fully saturated rings. The van der Waals surface area contributed by atoms with Gasteiger partial charge in [-0.2, -0.15) is 0 Å². The van der Waals surface area contributed by atoms with Crippen LogP contribution in [0.25, 0.3) is 0 Å². The summed E-state index contributed by atoms with van der Waals surface area (Å²) < 4.78 is 36.9. The molecule has 0 aromatic rings. The van der Waals surface area contributed by atoms with Gasteiger partial charge in [0, 0.05) is 0 Å². The third-order valence-corrected chi connectivity index (χ3v) is 117. The van der Waals surface area contributed by atoms with E-state index in [2.05, 4.69) is 391 Å². The van der Waals surface area contributed by atoms with E-state index in [4.69, 9.17) is 0 Å². The van der Waals surface area contributed by atoms with Crippen molar-refractivity contribution in [3.8, 4) is 0 Å². The summed E-state index contributed by atoms with van der Waals surface area (Å²) in [5.74, 6) is 4.78. The molecule has 652 valence electrons. The molecule has 0 saturated heterocycles. The molecule has 0 N–H and O–H groups in total. The van der Waals surface area contributed by atoms with Crippen molar-refractivity contribution in [3.05, 3.63) is 0 Å². The number of hydrogen-bond donors (Lipinski definition) is 0. The van der Waals surface area contributed by atoms with Gasteiger partial charge in [0.25, 0.3) is 0 Å². The van der Waals surface area contributed by atoms with Crippen molar-refractivity contribution < 1.29 is 0 Å². The molecule has 0 saturated carbocycles. The van der Waals surface area contributed by atoms with Gasteiger partial charge in [-0.3, -0.25) is 0 Å². The molecular weight excluding hydrogens is 3160 g/mol. The van der Waals surface area contributed by atoms with Crippen LogP contribution in [0.4, 0.5) is 0 Å². The Bertz CT molecular complexity index is 1420. The number of hydrogen-bond acceptors (Lipinski definition) is 0. The van der Waals surface area contributed by atoms with E-state index < -0.39 is 188 Å². The zero-order chi connectivity index (χ0) is 87.5. The van der Waals surface area contributed by atoms with Crippen LogP contribution >= 0.6 is 0 Å². The second-order valence-corrected chi connectivity index (χ2v) is 148. The SMILES string of the molecule is CC(C)[CH2][Bi]([CH3])[CH2]C(C)C.CC(C)[CH2][Sb]([CH3])[CH2]C(C)C.CC[Te]C.C[CH2][Bi]([CH3])[CH2]C.C[CH2][Sb]([CH3])[CH2]C.C[CH](C)[Bi]([CH3])[CH](C)C.C[CH](C)[Sb]([CH3])[CH](C)C.C[Te]C.C[Te]C(C)(C)C.C[Te]C(C)C.C[Te]CC(C)C.[CH3][Bi]([C](C)(C)C)[C](C)(C)C.[CH3][Sb]([CH2]C(C)(C)C)[CH2]C(C)(C)C.[CH3][Sb]([C](C)(C)C)[C](C)(C)C. The third-order valence-electron chi connectivity index (χ3n) is 15.5. The van der Waals surface area contributed by atoms with Crippen molar-refractivity contribution in [1.29, 1.82) is 0 Å². The van der Waals surface area contributed by atoms with Crippen molar-refractivity contribution >= 4 is 293 Å². The van der Waals surface area contributed by atoms with E-state index in [1.54, 1.807) is 17.0 Å². The Morgan fingerprint density at radius 3 is 0.683 bits per heavy atom. The fourth-order valence-corrected chi connectivity index (χ4v) is 62.2. The molecule has 0 aliphatic rings. The van der Waals surface area contributed by atoms with Crippen LogP contribution < -0.4 is 0 Å². The summed E-state index contributed by atoms with van der Waals surface area (Å²) in [6.07, 6.45) is 0. The molecule has 0 heterocycles. The molecule has 0 aliphatic carbocycles. The first kappa shape index (κ1) is 147. The van der Waals surface area contributed by atoms with E-state index in [-0.39, 0.29) is 0 Å². The predicted molar refractivity (Wildman–Crippen MR) is 542 cm³/mol. The van der Waals surface area contributed by atoms with Crippen molar-refractivity contribution in [2.75, 3.05) is 0 Å². The minimum absolute atomic E-state index is 0.317. The first-order chi connectivity index (χ1) is 46.1. The number of rotatable bonds is 22. The molecule has 0 aromatic heterocycles. The molecule has 0 aliphatic heterocycles. The van der Waals surface area contributed by atoms with Gasteiger partial charge >= 0.3 is 811 Å². The van der Waals surface area contributed by atoms with Gasteiger partial charge in [0.15, 0.2) is 0 Å². The zero-order valence-electron chi connectivity index (χ0n) is 84.8.